The molecule has 0 saturated carbocycles. The zero-order valence-corrected chi connectivity index (χ0v) is 11.1. The number of hydrogen-bond acceptors (Lipinski definition) is 4. The van der Waals surface area contributed by atoms with Crippen LogP contribution in [0, 0.1) is 5.41 Å². The van der Waals surface area contributed by atoms with E-state index >= 15 is 0 Å². The summed E-state index contributed by atoms with van der Waals surface area (Å²) in [6, 6.07) is 0. The van der Waals surface area contributed by atoms with Gasteiger partial charge in [0.05, 0.1) is 19.3 Å². The van der Waals surface area contributed by atoms with Crippen LogP contribution in [0.2, 0.25) is 0 Å². The molecule has 1 atom stereocenters. The molecule has 0 aliphatic carbocycles. The second-order valence-electron chi connectivity index (χ2n) is 4.92. The smallest absolute Gasteiger partial charge is 0.0746 e. The van der Waals surface area contributed by atoms with Gasteiger partial charge in [0.25, 0.3) is 0 Å². The molecular formula is C12H27NO3. The molecule has 0 bridgehead atoms. The molecule has 0 aromatic rings. The van der Waals surface area contributed by atoms with E-state index in [0.29, 0.717) is 19.8 Å². The van der Waals surface area contributed by atoms with Crippen LogP contribution in [0.4, 0.5) is 0 Å². The van der Waals surface area contributed by atoms with Crippen LogP contribution in [0.1, 0.15) is 27.2 Å². The van der Waals surface area contributed by atoms with Gasteiger partial charge in [-0.1, -0.05) is 20.8 Å². The Hall–Kier alpha value is -0.160. The molecule has 0 amide bonds. The first-order valence-electron chi connectivity index (χ1n) is 5.90. The van der Waals surface area contributed by atoms with Gasteiger partial charge >= 0.3 is 0 Å². The molecule has 1 unspecified atom stereocenters. The lowest BCUT2D eigenvalue weighted by Crippen LogP contribution is -2.37. The van der Waals surface area contributed by atoms with Crippen LogP contribution in [0.25, 0.3) is 0 Å². The Morgan fingerprint density at radius 1 is 1.06 bits per heavy atom. The fourth-order valence-corrected chi connectivity index (χ4v) is 1.33. The van der Waals surface area contributed by atoms with E-state index in [1.54, 1.807) is 7.11 Å². The van der Waals surface area contributed by atoms with Crippen molar-refractivity contribution >= 4 is 0 Å². The summed E-state index contributed by atoms with van der Waals surface area (Å²) >= 11 is 0. The van der Waals surface area contributed by atoms with Gasteiger partial charge in [0.15, 0.2) is 0 Å². The Morgan fingerprint density at radius 2 is 1.75 bits per heavy atom. The zero-order valence-electron chi connectivity index (χ0n) is 11.1. The summed E-state index contributed by atoms with van der Waals surface area (Å²) in [5.74, 6) is 0. The number of methoxy groups -OCH3 is 1. The van der Waals surface area contributed by atoms with E-state index in [0.717, 1.165) is 19.6 Å². The van der Waals surface area contributed by atoms with Crippen LogP contribution in [-0.2, 0) is 14.2 Å². The van der Waals surface area contributed by atoms with Gasteiger partial charge in [-0.05, 0) is 11.8 Å². The highest BCUT2D eigenvalue weighted by Crippen LogP contribution is 2.21. The van der Waals surface area contributed by atoms with Crippen LogP contribution in [0.5, 0.6) is 0 Å². The molecule has 0 saturated heterocycles. The van der Waals surface area contributed by atoms with E-state index in [-0.39, 0.29) is 11.5 Å². The first-order valence-corrected chi connectivity index (χ1v) is 5.90. The number of ether oxygens (including phenoxy) is 3. The van der Waals surface area contributed by atoms with Crippen molar-refractivity contribution in [3.63, 3.8) is 0 Å². The lowest BCUT2D eigenvalue weighted by molar-refractivity contribution is -0.0394. The molecule has 0 aromatic heterocycles. The molecule has 0 spiro atoms. The van der Waals surface area contributed by atoms with Gasteiger partial charge in [0.1, 0.15) is 0 Å². The fraction of sp³-hybridized carbons (Fsp3) is 1.00. The van der Waals surface area contributed by atoms with Crippen molar-refractivity contribution in [1.29, 1.82) is 0 Å². The van der Waals surface area contributed by atoms with Crippen LogP contribution >= 0.6 is 0 Å². The molecule has 0 fully saturated rings. The Morgan fingerprint density at radius 3 is 2.25 bits per heavy atom. The maximum Gasteiger partial charge on any atom is 0.0746 e. The summed E-state index contributed by atoms with van der Waals surface area (Å²) in [4.78, 5) is 0. The standard InChI is InChI=1S/C12H27NO3/c1-12(2,3)11(10-13)16-9-8-15-7-5-6-14-4/h11H,5-10,13H2,1-4H3. The highest BCUT2D eigenvalue weighted by atomic mass is 16.5. The fourth-order valence-electron chi connectivity index (χ4n) is 1.33. The van der Waals surface area contributed by atoms with Gasteiger partial charge in [0.2, 0.25) is 0 Å². The van der Waals surface area contributed by atoms with Crippen molar-refractivity contribution in [3.05, 3.63) is 0 Å². The first-order chi connectivity index (χ1) is 7.52. The minimum atomic E-state index is 0.0881. The van der Waals surface area contributed by atoms with Crippen molar-refractivity contribution in [2.24, 2.45) is 11.1 Å². The number of hydrogen-bond donors (Lipinski definition) is 1. The second kappa shape index (κ2) is 8.93. The Kier molecular flexibility index (Phi) is 8.84. The SMILES string of the molecule is COCCCOCCOC(CN)C(C)(C)C. The molecule has 0 aliphatic heterocycles. The van der Waals surface area contributed by atoms with Crippen LogP contribution in [0.15, 0.2) is 0 Å². The summed E-state index contributed by atoms with van der Waals surface area (Å²) < 4.78 is 16.0. The monoisotopic (exact) mass is 233 g/mol. The van der Waals surface area contributed by atoms with Crippen molar-refractivity contribution in [2.75, 3.05) is 40.1 Å². The maximum atomic E-state index is 5.68. The third kappa shape index (κ3) is 8.05. The first kappa shape index (κ1) is 15.8. The van der Waals surface area contributed by atoms with Gasteiger partial charge in [0, 0.05) is 26.9 Å². The third-order valence-corrected chi connectivity index (χ3v) is 2.36. The number of rotatable bonds is 9. The minimum absolute atomic E-state index is 0.0881. The van der Waals surface area contributed by atoms with E-state index in [2.05, 4.69) is 20.8 Å². The molecule has 0 heterocycles. The van der Waals surface area contributed by atoms with Gasteiger partial charge in [-0.2, -0.15) is 0 Å². The second-order valence-corrected chi connectivity index (χ2v) is 4.92. The topological polar surface area (TPSA) is 53.7 Å². The van der Waals surface area contributed by atoms with E-state index in [1.165, 1.54) is 0 Å². The molecule has 4 heteroatoms. The van der Waals surface area contributed by atoms with Gasteiger partial charge in [-0.25, -0.2) is 0 Å². The summed E-state index contributed by atoms with van der Waals surface area (Å²) in [5, 5.41) is 0. The van der Waals surface area contributed by atoms with Crippen LogP contribution in [-0.4, -0.2) is 46.2 Å². The van der Waals surface area contributed by atoms with Crippen molar-refractivity contribution in [3.8, 4) is 0 Å². The molecule has 0 rings (SSSR count). The molecule has 4 nitrogen and oxygen atoms in total. The average Bonchev–Trinajstić information content (AvgIpc) is 2.20. The molecule has 2 N–H and O–H groups in total. The van der Waals surface area contributed by atoms with Crippen LogP contribution in [0.3, 0.4) is 0 Å². The summed E-state index contributed by atoms with van der Waals surface area (Å²) in [6.07, 6.45) is 1.02. The molecule has 16 heavy (non-hydrogen) atoms. The largest absolute Gasteiger partial charge is 0.385 e. The molecule has 98 valence electrons. The lowest BCUT2D eigenvalue weighted by Gasteiger charge is -2.29. The van der Waals surface area contributed by atoms with E-state index in [1.807, 2.05) is 0 Å². The van der Waals surface area contributed by atoms with E-state index in [9.17, 15) is 0 Å². The lowest BCUT2D eigenvalue weighted by atomic mass is 9.89. The quantitative estimate of drug-likeness (QED) is 0.612. The molecule has 0 radical (unpaired) electrons. The molecular weight excluding hydrogens is 206 g/mol. The van der Waals surface area contributed by atoms with Crippen molar-refractivity contribution in [2.45, 2.75) is 33.3 Å². The zero-order chi connectivity index (χ0) is 12.4. The minimum Gasteiger partial charge on any atom is -0.385 e. The average molecular weight is 233 g/mol. The third-order valence-electron chi connectivity index (χ3n) is 2.36. The number of nitrogens with two attached hydrogens (primary N) is 1. The molecule has 0 aliphatic rings. The molecule has 0 aromatic carbocycles. The van der Waals surface area contributed by atoms with Crippen molar-refractivity contribution < 1.29 is 14.2 Å². The summed E-state index contributed by atoms with van der Waals surface area (Å²) in [5.41, 5.74) is 5.75. The van der Waals surface area contributed by atoms with E-state index in [4.69, 9.17) is 19.9 Å². The van der Waals surface area contributed by atoms with Crippen LogP contribution < -0.4 is 5.73 Å². The Balaban J connectivity index is 3.42. The highest BCUT2D eigenvalue weighted by Gasteiger charge is 2.23. The highest BCUT2D eigenvalue weighted by molar-refractivity contribution is 4.74. The normalized spacial score (nSPS) is 14.1. The van der Waals surface area contributed by atoms with Gasteiger partial charge in [-0.3, -0.25) is 0 Å². The predicted molar refractivity (Wildman–Crippen MR) is 65.6 cm³/mol. The van der Waals surface area contributed by atoms with E-state index < -0.39 is 0 Å². The summed E-state index contributed by atoms with van der Waals surface area (Å²) in [6.45, 7) is 9.63. The van der Waals surface area contributed by atoms with Gasteiger partial charge in [-0.15, -0.1) is 0 Å². The Bertz CT molecular complexity index is 157. The van der Waals surface area contributed by atoms with Crippen molar-refractivity contribution in [1.82, 2.24) is 0 Å². The Labute approximate surface area is 99.4 Å². The predicted octanol–water partition coefficient (Wildman–Crippen LogP) is 1.43. The maximum absolute atomic E-state index is 5.68. The summed E-state index contributed by atoms with van der Waals surface area (Å²) in [7, 11) is 1.69. The van der Waals surface area contributed by atoms with Gasteiger partial charge < -0.3 is 19.9 Å².